The Morgan fingerprint density at radius 1 is 1.50 bits per heavy atom. The fourth-order valence-electron chi connectivity index (χ4n) is 2.18. The lowest BCUT2D eigenvalue weighted by Gasteiger charge is -2.16. The van der Waals surface area contributed by atoms with E-state index in [4.69, 9.17) is 16.3 Å². The molecule has 0 saturated heterocycles. The highest BCUT2D eigenvalue weighted by Gasteiger charge is 2.21. The molecule has 0 radical (unpaired) electrons. The van der Waals surface area contributed by atoms with Gasteiger partial charge in [-0.05, 0) is 25.7 Å². The summed E-state index contributed by atoms with van der Waals surface area (Å²) in [5.41, 5.74) is 2.67. The van der Waals surface area contributed by atoms with E-state index in [1.165, 1.54) is 0 Å². The molecule has 18 heavy (non-hydrogen) atoms. The summed E-state index contributed by atoms with van der Waals surface area (Å²) in [6.45, 7) is 7.81. The molecule has 0 N–H and O–H groups in total. The second kappa shape index (κ2) is 6.82. The van der Waals surface area contributed by atoms with Gasteiger partial charge in [-0.1, -0.05) is 25.4 Å². The molecule has 4 heteroatoms. The first-order valence-corrected chi connectivity index (χ1v) is 6.73. The summed E-state index contributed by atoms with van der Waals surface area (Å²) in [6, 6.07) is 2.21. The lowest BCUT2D eigenvalue weighted by atomic mass is 10.0. The monoisotopic (exact) mass is 268 g/mol. The van der Waals surface area contributed by atoms with Crippen LogP contribution in [0.5, 0.6) is 0 Å². The van der Waals surface area contributed by atoms with Crippen LogP contribution in [0.3, 0.4) is 0 Å². The third-order valence-electron chi connectivity index (χ3n) is 3.42. The van der Waals surface area contributed by atoms with Gasteiger partial charge >= 0.3 is 0 Å². The Bertz CT molecular complexity index is 446. The first-order valence-electron chi connectivity index (χ1n) is 6.35. The molecule has 0 saturated carbocycles. The molecule has 1 aromatic heterocycles. The number of nitrogens with zero attached hydrogens (tertiary/aromatic N) is 2. The van der Waals surface area contributed by atoms with E-state index in [-0.39, 0.29) is 0 Å². The quantitative estimate of drug-likeness (QED) is 0.735. The van der Waals surface area contributed by atoms with Gasteiger partial charge in [-0.3, -0.25) is 0 Å². The molecule has 0 aromatic carbocycles. The van der Waals surface area contributed by atoms with Crippen LogP contribution in [0.4, 0.5) is 0 Å². The Kier molecular flexibility index (Phi) is 5.71. The highest BCUT2D eigenvalue weighted by atomic mass is 35.5. The Labute approximate surface area is 114 Å². The third kappa shape index (κ3) is 2.88. The zero-order chi connectivity index (χ0) is 13.7. The van der Waals surface area contributed by atoms with E-state index >= 15 is 0 Å². The van der Waals surface area contributed by atoms with Crippen molar-refractivity contribution in [2.75, 3.05) is 13.7 Å². The number of nitriles is 1. The maximum absolute atomic E-state index is 9.19. The zero-order valence-electron chi connectivity index (χ0n) is 11.6. The predicted octanol–water partition coefficient (Wildman–Crippen LogP) is 3.87. The Morgan fingerprint density at radius 3 is 2.67 bits per heavy atom. The van der Waals surface area contributed by atoms with Gasteiger partial charge in [0.15, 0.2) is 0 Å². The molecule has 3 nitrogen and oxygen atoms in total. The Balaban J connectivity index is 3.16. The van der Waals surface area contributed by atoms with E-state index < -0.39 is 0 Å². The number of ether oxygens (including phenoxy) is 1. The molecule has 1 atom stereocenters. The van der Waals surface area contributed by atoms with Crippen LogP contribution >= 0.6 is 11.6 Å². The van der Waals surface area contributed by atoms with Gasteiger partial charge in [-0.2, -0.15) is 5.26 Å². The van der Waals surface area contributed by atoms with Crippen LogP contribution in [0.25, 0.3) is 0 Å². The molecule has 0 aliphatic rings. The number of methoxy groups -OCH3 is 1. The molecule has 1 heterocycles. The van der Waals surface area contributed by atoms with Crippen molar-refractivity contribution in [3.8, 4) is 6.07 Å². The van der Waals surface area contributed by atoms with Crippen LogP contribution in [-0.2, 0) is 11.3 Å². The fraction of sp³-hybridized carbons (Fsp3) is 0.643. The van der Waals surface area contributed by atoms with Crippen molar-refractivity contribution < 1.29 is 4.74 Å². The van der Waals surface area contributed by atoms with Crippen LogP contribution in [0.1, 0.15) is 49.6 Å². The Hall–Kier alpha value is -0.980. The summed E-state index contributed by atoms with van der Waals surface area (Å²) < 4.78 is 7.26. The fourth-order valence-corrected chi connectivity index (χ4v) is 2.65. The molecular weight excluding hydrogens is 248 g/mol. The lowest BCUT2D eigenvalue weighted by molar-refractivity contribution is 0.189. The van der Waals surface area contributed by atoms with E-state index in [0.717, 1.165) is 37.4 Å². The summed E-state index contributed by atoms with van der Waals surface area (Å²) in [5, 5.41) is 9.82. The van der Waals surface area contributed by atoms with Gasteiger partial charge in [0.1, 0.15) is 6.07 Å². The second-order valence-corrected chi connectivity index (χ2v) is 4.96. The molecule has 0 aliphatic heterocycles. The van der Waals surface area contributed by atoms with Gasteiger partial charge in [0.25, 0.3) is 0 Å². The van der Waals surface area contributed by atoms with Crippen LogP contribution < -0.4 is 0 Å². The molecule has 1 rings (SSSR count). The number of hydrogen-bond donors (Lipinski definition) is 0. The van der Waals surface area contributed by atoms with Gasteiger partial charge < -0.3 is 9.30 Å². The Morgan fingerprint density at radius 2 is 2.17 bits per heavy atom. The molecule has 1 aromatic rings. The number of rotatable bonds is 6. The van der Waals surface area contributed by atoms with Gasteiger partial charge in [0.05, 0.1) is 10.6 Å². The van der Waals surface area contributed by atoms with Crippen molar-refractivity contribution in [1.82, 2.24) is 4.57 Å². The van der Waals surface area contributed by atoms with Crippen molar-refractivity contribution >= 4 is 11.6 Å². The normalized spacial score (nSPS) is 12.4. The van der Waals surface area contributed by atoms with E-state index in [1.807, 2.05) is 6.92 Å². The van der Waals surface area contributed by atoms with Crippen LogP contribution in [0.15, 0.2) is 0 Å². The summed E-state index contributed by atoms with van der Waals surface area (Å²) in [6.07, 6.45) is 1.94. The number of hydrogen-bond acceptors (Lipinski definition) is 2. The largest absolute Gasteiger partial charge is 0.385 e. The maximum Gasteiger partial charge on any atom is 0.103 e. The standard InChI is InChI=1S/C14H21ClN2O/c1-5-10(2)14-13(15)12(9-16)11(3)17(14)7-6-8-18-4/h10H,5-8H2,1-4H3. The third-order valence-corrected chi connectivity index (χ3v) is 3.81. The van der Waals surface area contributed by atoms with Crippen LogP contribution in [-0.4, -0.2) is 18.3 Å². The van der Waals surface area contributed by atoms with E-state index in [9.17, 15) is 5.26 Å². The minimum absolute atomic E-state index is 0.362. The zero-order valence-corrected chi connectivity index (χ0v) is 12.3. The van der Waals surface area contributed by atoms with Crippen molar-refractivity contribution in [3.05, 3.63) is 22.0 Å². The summed E-state index contributed by atoms with van der Waals surface area (Å²) in [5.74, 6) is 0.362. The molecule has 0 amide bonds. The smallest absolute Gasteiger partial charge is 0.103 e. The van der Waals surface area contributed by atoms with Crippen molar-refractivity contribution in [1.29, 1.82) is 5.26 Å². The topological polar surface area (TPSA) is 38.0 Å². The SMILES string of the molecule is CCC(C)c1c(Cl)c(C#N)c(C)n1CCCOC. The lowest BCUT2D eigenvalue weighted by Crippen LogP contribution is -2.09. The van der Waals surface area contributed by atoms with Crippen LogP contribution in [0, 0.1) is 18.3 Å². The molecular formula is C14H21ClN2O. The highest BCUT2D eigenvalue weighted by molar-refractivity contribution is 6.32. The number of halogens is 1. The average molecular weight is 269 g/mol. The minimum Gasteiger partial charge on any atom is -0.385 e. The first kappa shape index (κ1) is 15.1. The van der Waals surface area contributed by atoms with Crippen LogP contribution in [0.2, 0.25) is 5.02 Å². The van der Waals surface area contributed by atoms with E-state index in [1.54, 1.807) is 7.11 Å². The molecule has 0 bridgehead atoms. The first-order chi connectivity index (χ1) is 8.58. The molecule has 0 spiro atoms. The molecule has 100 valence electrons. The molecule has 0 aliphatic carbocycles. The summed E-state index contributed by atoms with van der Waals surface area (Å²) in [4.78, 5) is 0. The summed E-state index contributed by atoms with van der Waals surface area (Å²) in [7, 11) is 1.70. The number of aromatic nitrogens is 1. The minimum atomic E-state index is 0.362. The molecule has 0 fully saturated rings. The van der Waals surface area contributed by atoms with Crippen molar-refractivity contribution in [3.63, 3.8) is 0 Å². The van der Waals surface area contributed by atoms with Gasteiger partial charge in [0, 0.05) is 31.6 Å². The maximum atomic E-state index is 9.19. The predicted molar refractivity (Wildman–Crippen MR) is 74.1 cm³/mol. The second-order valence-electron chi connectivity index (χ2n) is 4.58. The van der Waals surface area contributed by atoms with Gasteiger partial charge in [-0.15, -0.1) is 0 Å². The van der Waals surface area contributed by atoms with E-state index in [2.05, 4.69) is 24.5 Å². The highest BCUT2D eigenvalue weighted by Crippen LogP contribution is 2.34. The van der Waals surface area contributed by atoms with E-state index in [0.29, 0.717) is 16.5 Å². The van der Waals surface area contributed by atoms with Crippen molar-refractivity contribution in [2.45, 2.75) is 46.1 Å². The summed E-state index contributed by atoms with van der Waals surface area (Å²) >= 11 is 6.35. The van der Waals surface area contributed by atoms with Gasteiger partial charge in [0.2, 0.25) is 0 Å². The average Bonchev–Trinajstić information content (AvgIpc) is 2.60. The van der Waals surface area contributed by atoms with Crippen molar-refractivity contribution in [2.24, 2.45) is 0 Å². The van der Waals surface area contributed by atoms with Gasteiger partial charge in [-0.25, -0.2) is 0 Å². The molecule has 1 unspecified atom stereocenters.